The van der Waals surface area contributed by atoms with Gasteiger partial charge in [-0.15, -0.1) is 0 Å². The number of fused-ring (bicyclic) bond motifs is 1. The average Bonchev–Trinajstić information content (AvgIpc) is 3.16. The first-order valence-electron chi connectivity index (χ1n) is 6.87. The highest BCUT2D eigenvalue weighted by Crippen LogP contribution is 2.46. The highest BCUT2D eigenvalue weighted by Gasteiger charge is 2.45. The molecule has 1 saturated heterocycles. The van der Waals surface area contributed by atoms with Crippen molar-refractivity contribution in [1.29, 1.82) is 0 Å². The minimum Gasteiger partial charge on any atom is -0.387 e. The van der Waals surface area contributed by atoms with Crippen LogP contribution in [-0.2, 0) is 18.6 Å². The van der Waals surface area contributed by atoms with E-state index in [4.69, 9.17) is 22.3 Å². The number of nitrogens with two attached hydrogens (primary N) is 3. The number of aliphatic hydroxyl groups excluding tert-OH is 1. The molecule has 0 bridgehead atoms. The summed E-state index contributed by atoms with van der Waals surface area (Å²) in [5.74, 6) is 10.6. The van der Waals surface area contributed by atoms with E-state index < -0.39 is 32.2 Å². The van der Waals surface area contributed by atoms with Gasteiger partial charge in [-0.05, 0) is 6.08 Å². The van der Waals surface area contributed by atoms with Crippen LogP contribution in [0.5, 0.6) is 0 Å². The zero-order chi connectivity index (χ0) is 18.2. The summed E-state index contributed by atoms with van der Waals surface area (Å²) in [5, 5.41) is 10.0. The van der Waals surface area contributed by atoms with Gasteiger partial charge in [-0.3, -0.25) is 9.13 Å². The number of nitrogens with zero attached hydrogens (tertiary/aromatic N) is 4. The SMILES string of the molecule is NOP(=O)(C=C[C@H]1O[C@@H](n2cnc3c(N)ncnc32)[C@H](F)[C@@H]1O)ON. The molecule has 1 aliphatic heterocycles. The predicted octanol–water partition coefficient (Wildman–Crippen LogP) is -0.508. The zero-order valence-electron chi connectivity index (χ0n) is 12.5. The van der Waals surface area contributed by atoms with Crippen LogP contribution in [0, 0.1) is 0 Å². The van der Waals surface area contributed by atoms with Crippen LogP contribution in [0.1, 0.15) is 6.23 Å². The normalized spacial score (nSPS) is 27.5. The lowest BCUT2D eigenvalue weighted by atomic mass is 10.1. The molecular formula is C11H15FN7O5P. The van der Waals surface area contributed by atoms with Crippen LogP contribution in [0.3, 0.4) is 0 Å². The molecule has 14 heteroatoms. The zero-order valence-corrected chi connectivity index (χ0v) is 13.4. The van der Waals surface area contributed by atoms with E-state index in [0.29, 0.717) is 0 Å². The summed E-state index contributed by atoms with van der Waals surface area (Å²) in [6.07, 6.45) is -2.28. The minimum atomic E-state index is -3.90. The molecule has 3 rings (SSSR count). The maximum absolute atomic E-state index is 14.5. The number of hydrogen-bond donors (Lipinski definition) is 4. The van der Waals surface area contributed by atoms with Crippen molar-refractivity contribution in [3.05, 3.63) is 24.5 Å². The molecule has 0 unspecified atom stereocenters. The number of halogens is 1. The van der Waals surface area contributed by atoms with E-state index in [-0.39, 0.29) is 17.0 Å². The van der Waals surface area contributed by atoms with Gasteiger partial charge in [0.25, 0.3) is 0 Å². The van der Waals surface area contributed by atoms with Gasteiger partial charge in [0.05, 0.1) is 6.33 Å². The molecule has 0 radical (unpaired) electrons. The molecule has 0 aliphatic carbocycles. The first-order valence-corrected chi connectivity index (χ1v) is 8.48. The second-order valence-corrected chi connectivity index (χ2v) is 6.90. The van der Waals surface area contributed by atoms with Gasteiger partial charge in [-0.25, -0.2) is 40.4 Å². The van der Waals surface area contributed by atoms with Gasteiger partial charge >= 0.3 is 7.60 Å². The summed E-state index contributed by atoms with van der Waals surface area (Å²) >= 11 is 0. The maximum Gasteiger partial charge on any atom is 0.386 e. The number of alkyl halides is 1. The monoisotopic (exact) mass is 375 g/mol. The van der Waals surface area contributed by atoms with Crippen LogP contribution in [-0.4, -0.2) is 43.0 Å². The third-order valence-electron chi connectivity index (χ3n) is 3.65. The van der Waals surface area contributed by atoms with Gasteiger partial charge in [0.1, 0.15) is 24.1 Å². The summed E-state index contributed by atoms with van der Waals surface area (Å²) < 4.78 is 41.2. The fourth-order valence-corrected chi connectivity index (χ4v) is 2.96. The molecule has 0 amide bonds. The molecule has 0 saturated carbocycles. The molecule has 0 spiro atoms. The van der Waals surface area contributed by atoms with Gasteiger partial charge in [0.2, 0.25) is 0 Å². The van der Waals surface area contributed by atoms with Crippen LogP contribution in [0.25, 0.3) is 11.2 Å². The molecule has 25 heavy (non-hydrogen) atoms. The number of nitrogen functional groups attached to an aromatic ring is 1. The smallest absolute Gasteiger partial charge is 0.386 e. The van der Waals surface area contributed by atoms with E-state index >= 15 is 0 Å². The van der Waals surface area contributed by atoms with E-state index in [2.05, 4.69) is 24.2 Å². The Hall–Kier alpha value is -1.99. The Kier molecular flexibility index (Phi) is 4.79. The quantitative estimate of drug-likeness (QED) is 0.389. The fourth-order valence-electron chi connectivity index (χ4n) is 2.39. The van der Waals surface area contributed by atoms with Crippen LogP contribution in [0.4, 0.5) is 10.2 Å². The summed E-state index contributed by atoms with van der Waals surface area (Å²) in [5.41, 5.74) is 6.18. The summed E-state index contributed by atoms with van der Waals surface area (Å²) in [7, 11) is -3.90. The Bertz CT molecular complexity index is 839. The molecule has 2 aromatic rings. The Morgan fingerprint density at radius 2 is 2.08 bits per heavy atom. The van der Waals surface area contributed by atoms with Crippen molar-refractivity contribution in [2.45, 2.75) is 24.6 Å². The molecule has 136 valence electrons. The topological polar surface area (TPSA) is 187 Å². The Morgan fingerprint density at radius 1 is 1.36 bits per heavy atom. The van der Waals surface area contributed by atoms with Crippen LogP contribution in [0.2, 0.25) is 0 Å². The van der Waals surface area contributed by atoms with Crippen LogP contribution in [0.15, 0.2) is 24.5 Å². The van der Waals surface area contributed by atoms with Crippen molar-refractivity contribution in [2.75, 3.05) is 5.73 Å². The highest BCUT2D eigenvalue weighted by molar-refractivity contribution is 7.57. The van der Waals surface area contributed by atoms with E-state index in [0.717, 1.165) is 11.9 Å². The number of rotatable bonds is 5. The van der Waals surface area contributed by atoms with Crippen molar-refractivity contribution < 1.29 is 28.0 Å². The summed E-state index contributed by atoms with van der Waals surface area (Å²) in [6.45, 7) is 0. The van der Waals surface area contributed by atoms with Crippen molar-refractivity contribution in [3.8, 4) is 0 Å². The van der Waals surface area contributed by atoms with Gasteiger partial charge in [-0.2, -0.15) is 0 Å². The largest absolute Gasteiger partial charge is 0.387 e. The van der Waals surface area contributed by atoms with E-state index in [1.807, 2.05) is 0 Å². The molecule has 7 N–H and O–H groups in total. The van der Waals surface area contributed by atoms with Crippen molar-refractivity contribution in [3.63, 3.8) is 0 Å². The number of anilines is 1. The van der Waals surface area contributed by atoms with Gasteiger partial charge in [-0.1, -0.05) is 0 Å². The third kappa shape index (κ3) is 3.14. The van der Waals surface area contributed by atoms with E-state index in [1.165, 1.54) is 17.2 Å². The minimum absolute atomic E-state index is 0.121. The lowest BCUT2D eigenvalue weighted by Gasteiger charge is -2.14. The average molecular weight is 375 g/mol. The molecule has 0 aromatic carbocycles. The molecule has 12 nitrogen and oxygen atoms in total. The molecule has 2 aromatic heterocycles. The van der Waals surface area contributed by atoms with Gasteiger partial charge < -0.3 is 15.6 Å². The number of imidazole rings is 1. The lowest BCUT2D eigenvalue weighted by Crippen LogP contribution is -2.27. The Morgan fingerprint density at radius 3 is 2.76 bits per heavy atom. The number of aromatic nitrogens is 4. The Labute approximate surface area is 139 Å². The highest BCUT2D eigenvalue weighted by atomic mass is 31.2. The van der Waals surface area contributed by atoms with E-state index in [1.54, 1.807) is 0 Å². The van der Waals surface area contributed by atoms with Crippen molar-refractivity contribution in [2.24, 2.45) is 11.8 Å². The second kappa shape index (κ2) is 6.72. The first kappa shape index (κ1) is 17.8. The van der Waals surface area contributed by atoms with Gasteiger partial charge in [0.15, 0.2) is 23.9 Å². The third-order valence-corrected chi connectivity index (χ3v) is 4.77. The van der Waals surface area contributed by atoms with Gasteiger partial charge in [0, 0.05) is 5.82 Å². The molecule has 3 heterocycles. The lowest BCUT2D eigenvalue weighted by molar-refractivity contribution is -0.00171. The van der Waals surface area contributed by atoms with E-state index in [9.17, 15) is 14.1 Å². The molecule has 4 atom stereocenters. The fraction of sp³-hybridized carbons (Fsp3) is 0.364. The second-order valence-electron chi connectivity index (χ2n) is 5.10. The molecule has 1 aliphatic rings. The summed E-state index contributed by atoms with van der Waals surface area (Å²) in [4.78, 5) is 11.8. The first-order chi connectivity index (χ1) is 11.9. The Balaban J connectivity index is 1.88. The van der Waals surface area contributed by atoms with Crippen molar-refractivity contribution in [1.82, 2.24) is 19.5 Å². The summed E-state index contributed by atoms with van der Waals surface area (Å²) in [6, 6.07) is 0. The number of hydrogen-bond acceptors (Lipinski definition) is 11. The number of aliphatic hydroxyl groups is 1. The predicted molar refractivity (Wildman–Crippen MR) is 81.8 cm³/mol. The molecule has 1 fully saturated rings. The standard InChI is InChI=1S/C11H15FN7O5P/c12-6-8(20)5(1-2-25(21,23-14)24-15)22-11(6)19-4-18-7-9(13)16-3-17-10(7)19/h1-6,8,11,20H,14-15H2,(H2,13,16,17)/t5-,6-,8-,11-/m1/s1. The van der Waals surface area contributed by atoms with Crippen LogP contribution < -0.4 is 17.5 Å². The molecular weight excluding hydrogens is 360 g/mol. The maximum atomic E-state index is 14.5. The van der Waals surface area contributed by atoms with Crippen LogP contribution >= 0.6 is 7.60 Å². The van der Waals surface area contributed by atoms with Crippen molar-refractivity contribution >= 4 is 24.6 Å². The number of ether oxygens (including phenoxy) is 1.